The molecule has 5 nitrogen and oxygen atoms in total. The second-order valence-electron chi connectivity index (χ2n) is 5.14. The van der Waals surface area contributed by atoms with Gasteiger partial charge in [-0.05, 0) is 61.9 Å². The van der Waals surface area contributed by atoms with Crippen molar-refractivity contribution in [3.8, 4) is 17.6 Å². The molecular weight excluding hydrogens is 306 g/mol. The van der Waals surface area contributed by atoms with Gasteiger partial charge in [0.15, 0.2) is 5.78 Å². The fraction of sp³-hybridized carbons (Fsp3) is 0.211. The number of rotatable bonds is 7. The van der Waals surface area contributed by atoms with Crippen molar-refractivity contribution in [2.45, 2.75) is 19.8 Å². The number of Topliss-reactive ketones (excluding diaryl/α,β-unsaturated/α-hetero) is 1. The summed E-state index contributed by atoms with van der Waals surface area (Å²) >= 11 is 0. The molecule has 2 aromatic carbocycles. The molecule has 0 atom stereocenters. The summed E-state index contributed by atoms with van der Waals surface area (Å²) in [6.45, 7) is 1.89. The van der Waals surface area contributed by atoms with Gasteiger partial charge >= 0.3 is 5.97 Å². The Labute approximate surface area is 140 Å². The van der Waals surface area contributed by atoms with Gasteiger partial charge in [0.05, 0.1) is 18.2 Å². The molecule has 0 aromatic heterocycles. The van der Waals surface area contributed by atoms with Crippen LogP contribution in [0.25, 0.3) is 0 Å². The Bertz CT molecular complexity index is 742. The van der Waals surface area contributed by atoms with Crippen molar-refractivity contribution >= 4 is 11.8 Å². The molecule has 0 unspecified atom stereocenters. The summed E-state index contributed by atoms with van der Waals surface area (Å²) in [6, 6.07) is 15.2. The maximum atomic E-state index is 11.7. The van der Waals surface area contributed by atoms with E-state index in [-0.39, 0.29) is 18.2 Å². The molecule has 0 fully saturated rings. The standard InChI is InChI=1S/C19H17NO4/c1-14(21)16-6-10-17(11-7-16)23-12-2-3-19(22)24-18-8-4-15(13-20)5-9-18/h4-11H,2-3,12H2,1H3. The molecule has 0 bridgehead atoms. The fourth-order valence-electron chi connectivity index (χ4n) is 1.97. The molecule has 0 aliphatic heterocycles. The number of carbonyl (C=O) groups is 2. The first-order valence-electron chi connectivity index (χ1n) is 7.53. The predicted molar refractivity (Wildman–Crippen MR) is 88.0 cm³/mol. The molecule has 0 heterocycles. The number of ether oxygens (including phenoxy) is 2. The molecule has 0 saturated carbocycles. The maximum Gasteiger partial charge on any atom is 0.311 e. The second kappa shape index (κ2) is 8.49. The SMILES string of the molecule is CC(=O)c1ccc(OCCCC(=O)Oc2ccc(C#N)cc2)cc1. The molecule has 24 heavy (non-hydrogen) atoms. The van der Waals surface area contributed by atoms with Crippen LogP contribution in [0, 0.1) is 11.3 Å². The molecular formula is C19H17NO4. The van der Waals surface area contributed by atoms with E-state index in [0.717, 1.165) is 0 Å². The lowest BCUT2D eigenvalue weighted by atomic mass is 10.1. The van der Waals surface area contributed by atoms with Crippen LogP contribution in [0.4, 0.5) is 0 Å². The largest absolute Gasteiger partial charge is 0.494 e. The zero-order valence-electron chi connectivity index (χ0n) is 13.3. The van der Waals surface area contributed by atoms with E-state index in [9.17, 15) is 9.59 Å². The topological polar surface area (TPSA) is 76.4 Å². The Morgan fingerprint density at radius 2 is 1.62 bits per heavy atom. The van der Waals surface area contributed by atoms with Gasteiger partial charge in [0.1, 0.15) is 11.5 Å². The average molecular weight is 323 g/mol. The first-order chi connectivity index (χ1) is 11.6. The highest BCUT2D eigenvalue weighted by Gasteiger charge is 2.05. The minimum absolute atomic E-state index is 0.00657. The third-order valence-electron chi connectivity index (χ3n) is 3.27. The van der Waals surface area contributed by atoms with Crippen LogP contribution >= 0.6 is 0 Å². The first-order valence-corrected chi connectivity index (χ1v) is 7.53. The van der Waals surface area contributed by atoms with Gasteiger partial charge < -0.3 is 9.47 Å². The number of nitrogens with zero attached hydrogens (tertiary/aromatic N) is 1. The highest BCUT2D eigenvalue weighted by atomic mass is 16.5. The summed E-state index contributed by atoms with van der Waals surface area (Å²) < 4.78 is 10.7. The fourth-order valence-corrected chi connectivity index (χ4v) is 1.97. The Kier molecular flexibility index (Phi) is 6.09. The van der Waals surface area contributed by atoms with Crippen LogP contribution in [0.1, 0.15) is 35.7 Å². The minimum Gasteiger partial charge on any atom is -0.494 e. The van der Waals surface area contributed by atoms with Gasteiger partial charge in [-0.2, -0.15) is 5.26 Å². The summed E-state index contributed by atoms with van der Waals surface area (Å²) in [7, 11) is 0. The van der Waals surface area contributed by atoms with Crippen molar-refractivity contribution in [2.75, 3.05) is 6.61 Å². The smallest absolute Gasteiger partial charge is 0.311 e. The Balaban J connectivity index is 1.70. The zero-order valence-corrected chi connectivity index (χ0v) is 13.3. The third-order valence-corrected chi connectivity index (χ3v) is 3.27. The number of benzene rings is 2. The van der Waals surface area contributed by atoms with Crippen LogP contribution in [0.5, 0.6) is 11.5 Å². The lowest BCUT2D eigenvalue weighted by Gasteiger charge is -2.07. The minimum atomic E-state index is -0.352. The van der Waals surface area contributed by atoms with Crippen LogP contribution in [-0.2, 0) is 4.79 Å². The van der Waals surface area contributed by atoms with Crippen molar-refractivity contribution in [1.29, 1.82) is 5.26 Å². The van der Waals surface area contributed by atoms with Gasteiger partial charge in [0.2, 0.25) is 0 Å². The molecule has 0 saturated heterocycles. The Hall–Kier alpha value is -3.13. The molecule has 0 amide bonds. The average Bonchev–Trinajstić information content (AvgIpc) is 2.60. The molecule has 2 aromatic rings. The Morgan fingerprint density at radius 3 is 2.21 bits per heavy atom. The van der Waals surface area contributed by atoms with E-state index in [1.165, 1.54) is 6.92 Å². The van der Waals surface area contributed by atoms with Gasteiger partial charge in [-0.3, -0.25) is 9.59 Å². The van der Waals surface area contributed by atoms with Crippen molar-refractivity contribution in [3.63, 3.8) is 0 Å². The van der Waals surface area contributed by atoms with Crippen molar-refractivity contribution in [2.24, 2.45) is 0 Å². The van der Waals surface area contributed by atoms with E-state index < -0.39 is 0 Å². The lowest BCUT2D eigenvalue weighted by Crippen LogP contribution is -2.10. The lowest BCUT2D eigenvalue weighted by molar-refractivity contribution is -0.134. The summed E-state index contributed by atoms with van der Waals surface area (Å²) in [5.74, 6) is 0.725. The monoisotopic (exact) mass is 323 g/mol. The number of hydrogen-bond donors (Lipinski definition) is 0. The highest BCUT2D eigenvalue weighted by molar-refractivity contribution is 5.94. The number of ketones is 1. The van der Waals surface area contributed by atoms with E-state index in [1.807, 2.05) is 6.07 Å². The van der Waals surface area contributed by atoms with Crippen LogP contribution < -0.4 is 9.47 Å². The summed E-state index contributed by atoms with van der Waals surface area (Å²) in [5, 5.41) is 8.70. The normalized spacial score (nSPS) is 9.83. The highest BCUT2D eigenvalue weighted by Crippen LogP contribution is 2.14. The number of hydrogen-bond acceptors (Lipinski definition) is 5. The molecule has 5 heteroatoms. The predicted octanol–water partition coefficient (Wildman–Crippen LogP) is 3.53. The van der Waals surface area contributed by atoms with Gasteiger partial charge in [-0.15, -0.1) is 0 Å². The third kappa shape index (κ3) is 5.25. The zero-order chi connectivity index (χ0) is 17.4. The van der Waals surface area contributed by atoms with Crippen LogP contribution in [0.2, 0.25) is 0 Å². The van der Waals surface area contributed by atoms with Gasteiger partial charge in [0.25, 0.3) is 0 Å². The van der Waals surface area contributed by atoms with Gasteiger partial charge in [-0.25, -0.2) is 0 Å². The molecule has 2 rings (SSSR count). The molecule has 0 aliphatic carbocycles. The van der Waals surface area contributed by atoms with E-state index in [2.05, 4.69) is 0 Å². The number of esters is 1. The molecule has 0 N–H and O–H groups in total. The van der Waals surface area contributed by atoms with Gasteiger partial charge in [-0.1, -0.05) is 0 Å². The van der Waals surface area contributed by atoms with E-state index in [4.69, 9.17) is 14.7 Å². The summed E-state index contributed by atoms with van der Waals surface area (Å²) in [5.41, 5.74) is 1.15. The quantitative estimate of drug-likeness (QED) is 0.337. The van der Waals surface area contributed by atoms with Crippen LogP contribution in [0.3, 0.4) is 0 Å². The van der Waals surface area contributed by atoms with Crippen molar-refractivity contribution in [3.05, 3.63) is 59.7 Å². The van der Waals surface area contributed by atoms with Crippen LogP contribution in [0.15, 0.2) is 48.5 Å². The summed E-state index contributed by atoms with van der Waals surface area (Å²) in [6.07, 6.45) is 0.745. The van der Waals surface area contributed by atoms with E-state index in [1.54, 1.807) is 48.5 Å². The molecule has 122 valence electrons. The molecule has 0 spiro atoms. The van der Waals surface area contributed by atoms with E-state index >= 15 is 0 Å². The maximum absolute atomic E-state index is 11.7. The number of nitriles is 1. The van der Waals surface area contributed by atoms with Crippen LogP contribution in [-0.4, -0.2) is 18.4 Å². The second-order valence-corrected chi connectivity index (χ2v) is 5.14. The Morgan fingerprint density at radius 1 is 1.00 bits per heavy atom. The van der Waals surface area contributed by atoms with Gasteiger partial charge in [0, 0.05) is 12.0 Å². The first kappa shape index (κ1) is 17.2. The number of carbonyl (C=O) groups excluding carboxylic acids is 2. The molecule has 0 aliphatic rings. The van der Waals surface area contributed by atoms with E-state index in [0.29, 0.717) is 35.7 Å². The van der Waals surface area contributed by atoms with Crippen molar-refractivity contribution < 1.29 is 19.1 Å². The van der Waals surface area contributed by atoms with Crippen molar-refractivity contribution in [1.82, 2.24) is 0 Å². The summed E-state index contributed by atoms with van der Waals surface area (Å²) in [4.78, 5) is 22.9. The molecule has 0 radical (unpaired) electrons.